The summed E-state index contributed by atoms with van der Waals surface area (Å²) in [6.45, 7) is 3.95. The van der Waals surface area contributed by atoms with Gasteiger partial charge in [-0.15, -0.1) is 0 Å². The Morgan fingerprint density at radius 1 is 1.25 bits per heavy atom. The van der Waals surface area contributed by atoms with Crippen molar-refractivity contribution in [3.63, 3.8) is 0 Å². The van der Waals surface area contributed by atoms with Gasteiger partial charge in [0.05, 0.1) is 7.11 Å². The van der Waals surface area contributed by atoms with Gasteiger partial charge < -0.3 is 10.1 Å². The van der Waals surface area contributed by atoms with Crippen LogP contribution in [-0.2, 0) is 9.59 Å². The van der Waals surface area contributed by atoms with Crippen LogP contribution in [0.1, 0.15) is 17.5 Å². The summed E-state index contributed by atoms with van der Waals surface area (Å²) in [6, 6.07) is 13.2. The van der Waals surface area contributed by atoms with Crippen molar-refractivity contribution in [1.29, 1.82) is 0 Å². The van der Waals surface area contributed by atoms with E-state index in [9.17, 15) is 9.59 Å². The molecule has 6 nitrogen and oxygen atoms in total. The maximum absolute atomic E-state index is 12.8. The summed E-state index contributed by atoms with van der Waals surface area (Å²) in [5.74, 6) is 0.262. The SMILES string of the molecule is COc1ccccc1N=C1SC(C(=O)Nc2ccc(C)cc2C)CC(=O)N1C. The van der Waals surface area contributed by atoms with Gasteiger partial charge in [0.15, 0.2) is 5.17 Å². The van der Waals surface area contributed by atoms with Crippen molar-refractivity contribution in [3.8, 4) is 5.75 Å². The third-order valence-electron chi connectivity index (χ3n) is 4.50. The van der Waals surface area contributed by atoms with E-state index in [2.05, 4.69) is 10.3 Å². The molecule has 2 aromatic rings. The van der Waals surface area contributed by atoms with Gasteiger partial charge in [0.25, 0.3) is 0 Å². The first-order chi connectivity index (χ1) is 13.4. The Balaban J connectivity index is 1.82. The van der Waals surface area contributed by atoms with Crippen LogP contribution in [0.4, 0.5) is 11.4 Å². The smallest absolute Gasteiger partial charge is 0.238 e. The highest BCUT2D eigenvalue weighted by molar-refractivity contribution is 8.15. The molecule has 0 bridgehead atoms. The highest BCUT2D eigenvalue weighted by atomic mass is 32.2. The number of anilines is 1. The van der Waals surface area contributed by atoms with Crippen LogP contribution in [0.5, 0.6) is 5.75 Å². The van der Waals surface area contributed by atoms with Crippen LogP contribution in [0.2, 0.25) is 0 Å². The number of carbonyl (C=O) groups is 2. The summed E-state index contributed by atoms with van der Waals surface area (Å²) in [6.07, 6.45) is 0.128. The summed E-state index contributed by atoms with van der Waals surface area (Å²) >= 11 is 1.28. The van der Waals surface area contributed by atoms with E-state index in [0.717, 1.165) is 16.8 Å². The highest BCUT2D eigenvalue weighted by Crippen LogP contribution is 2.32. The fraction of sp³-hybridized carbons (Fsp3) is 0.286. The van der Waals surface area contributed by atoms with Crippen molar-refractivity contribution < 1.29 is 14.3 Å². The number of carbonyl (C=O) groups excluding carboxylic acids is 2. The Kier molecular flexibility index (Phi) is 6.04. The number of nitrogens with one attached hydrogen (secondary N) is 1. The van der Waals surface area contributed by atoms with Gasteiger partial charge in [-0.25, -0.2) is 4.99 Å². The maximum Gasteiger partial charge on any atom is 0.238 e. The van der Waals surface area contributed by atoms with Gasteiger partial charge in [-0.1, -0.05) is 41.6 Å². The van der Waals surface area contributed by atoms with Crippen molar-refractivity contribution in [3.05, 3.63) is 53.6 Å². The average molecular weight is 398 g/mol. The summed E-state index contributed by atoms with van der Waals surface area (Å²) in [5, 5.41) is 2.87. The molecule has 1 aliphatic heterocycles. The van der Waals surface area contributed by atoms with Crippen LogP contribution in [-0.4, -0.2) is 41.3 Å². The molecule has 1 aliphatic rings. The van der Waals surface area contributed by atoms with Gasteiger partial charge in [0.1, 0.15) is 16.7 Å². The first-order valence-corrected chi connectivity index (χ1v) is 9.80. The molecule has 146 valence electrons. The van der Waals surface area contributed by atoms with E-state index in [-0.39, 0.29) is 18.2 Å². The van der Waals surface area contributed by atoms with Gasteiger partial charge in [0, 0.05) is 19.2 Å². The van der Waals surface area contributed by atoms with Gasteiger partial charge in [-0.3, -0.25) is 14.5 Å². The summed E-state index contributed by atoms with van der Waals surface area (Å²) in [5.41, 5.74) is 3.49. The number of hydrogen-bond acceptors (Lipinski definition) is 5. The van der Waals surface area contributed by atoms with Gasteiger partial charge in [-0.2, -0.15) is 0 Å². The third-order valence-corrected chi connectivity index (χ3v) is 5.74. The molecule has 2 amide bonds. The summed E-state index contributed by atoms with van der Waals surface area (Å²) in [4.78, 5) is 31.3. The Hall–Kier alpha value is -2.80. The molecule has 0 saturated carbocycles. The lowest BCUT2D eigenvalue weighted by molar-refractivity contribution is -0.128. The van der Waals surface area contributed by atoms with Crippen LogP contribution in [0.25, 0.3) is 0 Å². The third kappa shape index (κ3) is 4.36. The van der Waals surface area contributed by atoms with Gasteiger partial charge in [0.2, 0.25) is 11.8 Å². The van der Waals surface area contributed by atoms with Crippen LogP contribution in [0.15, 0.2) is 47.5 Å². The van der Waals surface area contributed by atoms with E-state index in [0.29, 0.717) is 16.6 Å². The standard InChI is InChI=1S/C21H23N3O3S/c1-13-9-10-15(14(2)11-13)22-20(26)18-12-19(25)24(3)21(28-18)23-16-7-5-6-8-17(16)27-4/h5-11,18H,12H2,1-4H3,(H,22,26). The normalized spacial score (nSPS) is 18.3. The quantitative estimate of drug-likeness (QED) is 0.849. The summed E-state index contributed by atoms with van der Waals surface area (Å²) in [7, 11) is 3.24. The molecule has 2 aromatic carbocycles. The molecule has 1 atom stereocenters. The van der Waals surface area contributed by atoms with Crippen LogP contribution in [0, 0.1) is 13.8 Å². The number of amidine groups is 1. The number of para-hydroxylation sites is 2. The monoisotopic (exact) mass is 397 g/mol. The molecular formula is C21H23N3O3S. The van der Waals surface area contributed by atoms with Crippen LogP contribution in [0.3, 0.4) is 0 Å². The molecule has 1 N–H and O–H groups in total. The molecular weight excluding hydrogens is 374 g/mol. The fourth-order valence-corrected chi connectivity index (χ4v) is 3.95. The van der Waals surface area contributed by atoms with Crippen LogP contribution >= 0.6 is 11.8 Å². The molecule has 0 spiro atoms. The second-order valence-electron chi connectivity index (χ2n) is 6.64. The zero-order chi connectivity index (χ0) is 20.3. The molecule has 1 heterocycles. The van der Waals surface area contributed by atoms with E-state index >= 15 is 0 Å². The Morgan fingerprint density at radius 2 is 2.00 bits per heavy atom. The minimum atomic E-state index is -0.544. The van der Waals surface area contributed by atoms with E-state index in [4.69, 9.17) is 4.74 Å². The second kappa shape index (κ2) is 8.48. The number of amides is 2. The van der Waals surface area contributed by atoms with Crippen molar-refractivity contribution in [1.82, 2.24) is 4.90 Å². The predicted molar refractivity (Wildman–Crippen MR) is 113 cm³/mol. The minimum absolute atomic E-state index is 0.128. The number of benzene rings is 2. The first-order valence-electron chi connectivity index (χ1n) is 8.92. The Morgan fingerprint density at radius 3 is 2.71 bits per heavy atom. The van der Waals surface area contributed by atoms with Crippen molar-refractivity contribution >= 4 is 40.1 Å². The number of ether oxygens (including phenoxy) is 1. The number of aryl methyl sites for hydroxylation is 2. The lowest BCUT2D eigenvalue weighted by Gasteiger charge is -2.29. The van der Waals surface area contributed by atoms with Crippen molar-refractivity contribution in [2.75, 3.05) is 19.5 Å². The minimum Gasteiger partial charge on any atom is -0.494 e. The Labute approximate surface area is 169 Å². The predicted octanol–water partition coefficient (Wildman–Crippen LogP) is 3.90. The largest absolute Gasteiger partial charge is 0.494 e. The number of aliphatic imine (C=N–C) groups is 1. The molecule has 7 heteroatoms. The molecule has 1 fully saturated rings. The molecule has 28 heavy (non-hydrogen) atoms. The van der Waals surface area contributed by atoms with E-state index in [1.807, 2.05) is 50.2 Å². The van der Waals surface area contributed by atoms with Gasteiger partial charge in [-0.05, 0) is 37.6 Å². The number of rotatable bonds is 4. The second-order valence-corrected chi connectivity index (χ2v) is 7.81. The zero-order valence-electron chi connectivity index (χ0n) is 16.4. The van der Waals surface area contributed by atoms with E-state index in [1.54, 1.807) is 20.2 Å². The Bertz CT molecular complexity index is 942. The molecule has 1 saturated heterocycles. The number of nitrogens with zero attached hydrogens (tertiary/aromatic N) is 2. The number of methoxy groups -OCH3 is 1. The average Bonchev–Trinajstić information content (AvgIpc) is 2.67. The van der Waals surface area contributed by atoms with Crippen LogP contribution < -0.4 is 10.1 Å². The molecule has 0 aliphatic carbocycles. The van der Waals surface area contributed by atoms with E-state index < -0.39 is 5.25 Å². The molecule has 1 unspecified atom stereocenters. The van der Waals surface area contributed by atoms with Crippen molar-refractivity contribution in [2.45, 2.75) is 25.5 Å². The highest BCUT2D eigenvalue weighted by Gasteiger charge is 2.34. The lowest BCUT2D eigenvalue weighted by atomic mass is 10.1. The zero-order valence-corrected chi connectivity index (χ0v) is 17.2. The first kappa shape index (κ1) is 19.9. The summed E-state index contributed by atoms with van der Waals surface area (Å²) < 4.78 is 5.33. The fourth-order valence-electron chi connectivity index (χ4n) is 2.89. The molecule has 0 radical (unpaired) electrons. The molecule has 3 rings (SSSR count). The van der Waals surface area contributed by atoms with Gasteiger partial charge >= 0.3 is 0 Å². The number of thioether (sulfide) groups is 1. The number of hydrogen-bond donors (Lipinski definition) is 1. The molecule has 0 aromatic heterocycles. The topological polar surface area (TPSA) is 71.0 Å². The maximum atomic E-state index is 12.8. The van der Waals surface area contributed by atoms with Crippen molar-refractivity contribution in [2.24, 2.45) is 4.99 Å². The van der Waals surface area contributed by atoms with E-state index in [1.165, 1.54) is 16.7 Å². The lowest BCUT2D eigenvalue weighted by Crippen LogP contribution is -2.43.